The maximum Gasteiger partial charge on any atom is 0.369 e. The molecule has 0 aliphatic rings. The molecule has 170 valence electrons. The van der Waals surface area contributed by atoms with Crippen LogP contribution in [-0.4, -0.2) is 45.8 Å². The zero-order chi connectivity index (χ0) is 24.0. The van der Waals surface area contributed by atoms with Crippen LogP contribution in [0.15, 0.2) is 53.5 Å². The van der Waals surface area contributed by atoms with Crippen LogP contribution in [0.3, 0.4) is 0 Å². The predicted molar refractivity (Wildman–Crippen MR) is 116 cm³/mol. The first-order valence-electron chi connectivity index (χ1n) is 9.62. The summed E-state index contributed by atoms with van der Waals surface area (Å²) >= 11 is 0.789. The van der Waals surface area contributed by atoms with E-state index in [4.69, 9.17) is 9.47 Å². The molecule has 33 heavy (non-hydrogen) atoms. The molecule has 0 N–H and O–H groups in total. The number of hydrogen-bond donors (Lipinski definition) is 0. The van der Waals surface area contributed by atoms with E-state index in [-0.39, 0.29) is 27.7 Å². The SMILES string of the molecule is CCOC(=O)c1nn(-c2ccc([N+](=O)[O-])cc2)c(=NC(=O)COC(=O)c2ccc(C)cc2)s1. The summed E-state index contributed by atoms with van der Waals surface area (Å²) in [6, 6.07) is 11.9. The third-order valence-corrected chi connectivity index (χ3v) is 5.04. The molecule has 0 radical (unpaired) electrons. The van der Waals surface area contributed by atoms with Gasteiger partial charge in [-0.15, -0.1) is 5.10 Å². The Hall–Kier alpha value is -4.19. The summed E-state index contributed by atoms with van der Waals surface area (Å²) in [7, 11) is 0. The fourth-order valence-electron chi connectivity index (χ4n) is 2.55. The van der Waals surface area contributed by atoms with Crippen molar-refractivity contribution in [2.75, 3.05) is 13.2 Å². The smallest absolute Gasteiger partial charge is 0.369 e. The van der Waals surface area contributed by atoms with Gasteiger partial charge in [-0.2, -0.15) is 4.99 Å². The largest absolute Gasteiger partial charge is 0.461 e. The monoisotopic (exact) mass is 470 g/mol. The number of nitro benzene ring substituents is 1. The number of hydrogen-bond acceptors (Lipinski definition) is 9. The van der Waals surface area contributed by atoms with Gasteiger partial charge in [-0.1, -0.05) is 29.0 Å². The molecule has 2 aromatic carbocycles. The highest BCUT2D eigenvalue weighted by molar-refractivity contribution is 7.10. The van der Waals surface area contributed by atoms with Gasteiger partial charge in [0.15, 0.2) is 6.61 Å². The van der Waals surface area contributed by atoms with Crippen LogP contribution in [-0.2, 0) is 14.3 Å². The zero-order valence-electron chi connectivity index (χ0n) is 17.6. The van der Waals surface area contributed by atoms with E-state index in [0.717, 1.165) is 16.9 Å². The maximum atomic E-state index is 12.4. The van der Waals surface area contributed by atoms with Gasteiger partial charge in [0.05, 0.1) is 22.8 Å². The molecule has 3 aromatic rings. The molecule has 0 aliphatic heterocycles. The lowest BCUT2D eigenvalue weighted by molar-refractivity contribution is -0.384. The van der Waals surface area contributed by atoms with E-state index in [2.05, 4.69) is 10.1 Å². The van der Waals surface area contributed by atoms with Crippen LogP contribution in [0.25, 0.3) is 5.69 Å². The second kappa shape index (κ2) is 10.4. The molecule has 0 unspecified atom stereocenters. The van der Waals surface area contributed by atoms with Crippen LogP contribution >= 0.6 is 11.3 Å². The average Bonchev–Trinajstić information content (AvgIpc) is 3.22. The fraction of sp³-hybridized carbons (Fsp3) is 0.190. The maximum absolute atomic E-state index is 12.4. The third kappa shape index (κ3) is 5.95. The molecule has 0 fully saturated rings. The summed E-state index contributed by atoms with van der Waals surface area (Å²) in [5.41, 5.74) is 1.45. The van der Waals surface area contributed by atoms with E-state index in [9.17, 15) is 24.5 Å². The first kappa shape index (κ1) is 23.5. The fourth-order valence-corrected chi connectivity index (χ4v) is 3.37. The highest BCUT2D eigenvalue weighted by atomic mass is 32.1. The van der Waals surface area contributed by atoms with Gasteiger partial charge in [-0.25, -0.2) is 14.3 Å². The number of non-ortho nitro benzene ring substituents is 1. The highest BCUT2D eigenvalue weighted by Gasteiger charge is 2.17. The van der Waals surface area contributed by atoms with Gasteiger partial charge in [-0.3, -0.25) is 14.9 Å². The van der Waals surface area contributed by atoms with Crippen molar-refractivity contribution >= 4 is 34.9 Å². The Labute approximate surface area is 191 Å². The molecule has 0 saturated carbocycles. The molecule has 1 amide bonds. The minimum absolute atomic E-state index is 0.00305. The molecule has 11 nitrogen and oxygen atoms in total. The molecule has 0 saturated heterocycles. The van der Waals surface area contributed by atoms with Gasteiger partial charge in [0.1, 0.15) is 0 Å². The molecule has 0 spiro atoms. The summed E-state index contributed by atoms with van der Waals surface area (Å²) in [5.74, 6) is -2.18. The standard InChI is InChI=1S/C21H18N4O7S/c1-3-31-20(28)18-23-24(15-8-10-16(11-9-15)25(29)30)21(33-18)22-17(26)12-32-19(27)14-6-4-13(2)5-7-14/h4-11H,3,12H2,1-2H3. The van der Waals surface area contributed by atoms with Crippen molar-refractivity contribution in [1.29, 1.82) is 0 Å². The van der Waals surface area contributed by atoms with Gasteiger partial charge >= 0.3 is 11.9 Å². The summed E-state index contributed by atoms with van der Waals surface area (Å²) in [6.45, 7) is 3.00. The molecule has 1 heterocycles. The number of rotatable bonds is 7. The number of aromatic nitrogens is 2. The minimum Gasteiger partial charge on any atom is -0.461 e. The van der Waals surface area contributed by atoms with E-state index in [1.807, 2.05) is 6.92 Å². The zero-order valence-corrected chi connectivity index (χ0v) is 18.4. The van der Waals surface area contributed by atoms with Crippen LogP contribution < -0.4 is 4.80 Å². The Kier molecular flexibility index (Phi) is 7.41. The molecule has 0 atom stereocenters. The number of nitro groups is 1. The van der Waals surface area contributed by atoms with E-state index >= 15 is 0 Å². The second-order valence-electron chi connectivity index (χ2n) is 6.54. The van der Waals surface area contributed by atoms with Crippen molar-refractivity contribution < 1.29 is 28.8 Å². The van der Waals surface area contributed by atoms with Crippen molar-refractivity contribution in [1.82, 2.24) is 9.78 Å². The lowest BCUT2D eigenvalue weighted by Crippen LogP contribution is -2.19. The summed E-state index contributed by atoms with van der Waals surface area (Å²) in [4.78, 5) is 50.8. The molecule has 1 aromatic heterocycles. The van der Waals surface area contributed by atoms with Gasteiger partial charge in [0.2, 0.25) is 9.81 Å². The number of esters is 2. The summed E-state index contributed by atoms with van der Waals surface area (Å²) in [5, 5.41) is 14.9. The normalized spacial score (nSPS) is 11.2. The Morgan fingerprint density at radius 3 is 2.33 bits per heavy atom. The lowest BCUT2D eigenvalue weighted by Gasteiger charge is -2.03. The van der Waals surface area contributed by atoms with Crippen LogP contribution in [0, 0.1) is 17.0 Å². The number of ether oxygens (including phenoxy) is 2. The van der Waals surface area contributed by atoms with Crippen molar-refractivity contribution in [3.63, 3.8) is 0 Å². The third-order valence-electron chi connectivity index (χ3n) is 4.15. The van der Waals surface area contributed by atoms with Crippen LogP contribution in [0.4, 0.5) is 5.69 Å². The van der Waals surface area contributed by atoms with Crippen LogP contribution in [0.2, 0.25) is 0 Å². The number of aryl methyl sites for hydroxylation is 1. The summed E-state index contributed by atoms with van der Waals surface area (Å²) in [6.07, 6.45) is 0. The minimum atomic E-state index is -0.787. The first-order valence-corrected chi connectivity index (χ1v) is 10.4. The van der Waals surface area contributed by atoms with Crippen LogP contribution in [0.5, 0.6) is 0 Å². The van der Waals surface area contributed by atoms with Crippen molar-refractivity contribution in [3.8, 4) is 5.69 Å². The molecule has 3 rings (SSSR count). The van der Waals surface area contributed by atoms with E-state index < -0.39 is 29.4 Å². The van der Waals surface area contributed by atoms with E-state index in [0.29, 0.717) is 5.69 Å². The Balaban J connectivity index is 1.86. The summed E-state index contributed by atoms with van der Waals surface area (Å²) < 4.78 is 11.1. The predicted octanol–water partition coefficient (Wildman–Crippen LogP) is 2.61. The molecule has 0 bridgehead atoms. The van der Waals surface area contributed by atoms with Crippen molar-refractivity contribution in [2.45, 2.75) is 13.8 Å². The number of benzene rings is 2. The Bertz CT molecular complexity index is 1260. The number of carbonyl (C=O) groups excluding carboxylic acids is 3. The molecule has 12 heteroatoms. The van der Waals surface area contributed by atoms with Crippen LogP contribution in [0.1, 0.15) is 32.6 Å². The second-order valence-corrected chi connectivity index (χ2v) is 7.50. The molecular weight excluding hydrogens is 452 g/mol. The highest BCUT2D eigenvalue weighted by Crippen LogP contribution is 2.15. The average molecular weight is 470 g/mol. The topological polar surface area (TPSA) is 143 Å². The lowest BCUT2D eigenvalue weighted by atomic mass is 10.1. The van der Waals surface area contributed by atoms with Crippen molar-refractivity contribution in [2.24, 2.45) is 4.99 Å². The van der Waals surface area contributed by atoms with Gasteiger partial charge in [0, 0.05) is 12.1 Å². The molecule has 0 aliphatic carbocycles. The Morgan fingerprint density at radius 1 is 1.06 bits per heavy atom. The van der Waals surface area contributed by atoms with Gasteiger partial charge < -0.3 is 9.47 Å². The number of amides is 1. The van der Waals surface area contributed by atoms with Gasteiger partial charge in [-0.05, 0) is 38.1 Å². The number of nitrogens with zero attached hydrogens (tertiary/aromatic N) is 4. The van der Waals surface area contributed by atoms with E-state index in [1.165, 1.54) is 28.9 Å². The molecular formula is C21H18N4O7S. The quantitative estimate of drug-likeness (QED) is 0.291. The van der Waals surface area contributed by atoms with Crippen molar-refractivity contribution in [3.05, 3.63) is 79.6 Å². The first-order chi connectivity index (χ1) is 15.8. The van der Waals surface area contributed by atoms with Gasteiger partial charge in [0.25, 0.3) is 11.6 Å². The van der Waals surface area contributed by atoms with E-state index in [1.54, 1.807) is 31.2 Å². The Morgan fingerprint density at radius 2 is 1.73 bits per heavy atom. The number of carbonyl (C=O) groups is 3.